The Kier molecular flexibility index (Phi) is 9.85. The fourth-order valence-electron chi connectivity index (χ4n) is 4.83. The average Bonchev–Trinajstić information content (AvgIpc) is 3.22. The highest BCUT2D eigenvalue weighted by molar-refractivity contribution is 7.54. The number of nitrogens with two attached hydrogens (primary N) is 1. The van der Waals surface area contributed by atoms with E-state index >= 15 is 0 Å². The third-order valence-corrected chi connectivity index (χ3v) is 9.05. The van der Waals surface area contributed by atoms with Gasteiger partial charge in [-0.2, -0.15) is 0 Å². The molecule has 6 atom stereocenters. The predicted octanol–water partition coefficient (Wildman–Crippen LogP) is 2.82. The van der Waals surface area contributed by atoms with Crippen molar-refractivity contribution in [2.45, 2.75) is 76.1 Å². The predicted molar refractivity (Wildman–Crippen MR) is 141 cm³/mol. The van der Waals surface area contributed by atoms with Crippen LogP contribution in [0, 0.1) is 5.92 Å². The number of aliphatic hydroxyl groups excluding tert-OH is 2. The van der Waals surface area contributed by atoms with Gasteiger partial charge in [0.2, 0.25) is 5.91 Å². The highest BCUT2D eigenvalue weighted by Crippen LogP contribution is 2.50. The van der Waals surface area contributed by atoms with E-state index in [0.717, 1.165) is 32.1 Å². The van der Waals surface area contributed by atoms with Gasteiger partial charge in [0.25, 0.3) is 0 Å². The van der Waals surface area contributed by atoms with E-state index in [9.17, 15) is 24.4 Å². The van der Waals surface area contributed by atoms with Gasteiger partial charge in [-0.15, -0.1) is 0 Å². The fourth-order valence-corrected chi connectivity index (χ4v) is 6.70. The van der Waals surface area contributed by atoms with E-state index in [1.54, 1.807) is 49.5 Å². The van der Waals surface area contributed by atoms with Crippen LogP contribution >= 0.6 is 7.60 Å². The smallest absolute Gasteiger partial charge is 0.380 e. The molecule has 0 bridgehead atoms. The second-order valence-electron chi connectivity index (χ2n) is 10.2. The van der Waals surface area contributed by atoms with Crippen molar-refractivity contribution < 1.29 is 42.9 Å². The zero-order valence-corrected chi connectivity index (χ0v) is 22.9. The van der Waals surface area contributed by atoms with Crippen LogP contribution in [-0.2, 0) is 28.2 Å². The summed E-state index contributed by atoms with van der Waals surface area (Å²) in [6, 6.07) is 8.44. The van der Waals surface area contributed by atoms with E-state index in [0.29, 0.717) is 17.7 Å². The average molecular weight is 565 g/mol. The maximum atomic E-state index is 13.9. The zero-order valence-electron chi connectivity index (χ0n) is 22.0. The molecule has 2 aliphatic heterocycles. The van der Waals surface area contributed by atoms with Gasteiger partial charge >= 0.3 is 13.6 Å². The number of esters is 1. The molecule has 2 heterocycles. The number of carbonyl (C=O) groups excluding carboxylic acids is 2. The number of hydrogen-bond donors (Lipinski definition) is 3. The van der Waals surface area contributed by atoms with Crippen molar-refractivity contribution in [2.24, 2.45) is 11.7 Å². The van der Waals surface area contributed by atoms with Crippen LogP contribution in [0.5, 0.6) is 5.75 Å². The second-order valence-corrected chi connectivity index (χ2v) is 12.2. The fraction of sp³-hybridized carbons (Fsp3) is 0.556. The molecular formula is C27H37N2O9P. The SMILES string of the molecule is C[C@H](CP(=O)(OC[C@H]1O[C@@H](N2C=CCC(C(N)=O)=C2)C(O)[C@H]1O)Oc1ccccc1)C(=O)OC1CCCCC1. The summed E-state index contributed by atoms with van der Waals surface area (Å²) in [5, 5.41) is 21.3. The molecule has 39 heavy (non-hydrogen) atoms. The van der Waals surface area contributed by atoms with Crippen LogP contribution in [0.4, 0.5) is 0 Å². The van der Waals surface area contributed by atoms with E-state index in [1.165, 1.54) is 11.1 Å². The van der Waals surface area contributed by atoms with Crippen molar-refractivity contribution >= 4 is 19.5 Å². The van der Waals surface area contributed by atoms with Crippen LogP contribution < -0.4 is 10.3 Å². The van der Waals surface area contributed by atoms with E-state index in [-0.39, 0.29) is 18.9 Å². The number of primary amides is 1. The molecule has 1 saturated heterocycles. The third kappa shape index (κ3) is 7.70. The van der Waals surface area contributed by atoms with Crippen molar-refractivity contribution in [3.63, 3.8) is 0 Å². The van der Waals surface area contributed by atoms with Crippen LogP contribution in [-0.4, -0.2) is 70.4 Å². The second kappa shape index (κ2) is 13.1. The first-order chi connectivity index (χ1) is 18.6. The highest BCUT2D eigenvalue weighted by Gasteiger charge is 2.46. The van der Waals surface area contributed by atoms with Crippen LogP contribution in [0.1, 0.15) is 45.4 Å². The largest absolute Gasteiger partial charge is 0.462 e. The Morgan fingerprint density at radius 2 is 1.87 bits per heavy atom. The number of aliphatic hydroxyl groups is 2. The molecule has 2 fully saturated rings. The molecule has 0 spiro atoms. The number of allylic oxidation sites excluding steroid dienone is 1. The quantitative estimate of drug-likeness (QED) is 0.270. The minimum Gasteiger partial charge on any atom is -0.462 e. The first-order valence-electron chi connectivity index (χ1n) is 13.3. The summed E-state index contributed by atoms with van der Waals surface area (Å²) in [4.78, 5) is 25.8. The zero-order chi connectivity index (χ0) is 28.0. The van der Waals surface area contributed by atoms with Crippen LogP contribution in [0.3, 0.4) is 0 Å². The van der Waals surface area contributed by atoms with Crippen LogP contribution in [0.25, 0.3) is 0 Å². The van der Waals surface area contributed by atoms with Gasteiger partial charge in [0.15, 0.2) is 6.23 Å². The van der Waals surface area contributed by atoms with Crippen LogP contribution in [0.15, 0.2) is 54.4 Å². The molecule has 1 saturated carbocycles. The summed E-state index contributed by atoms with van der Waals surface area (Å²) < 4.78 is 36.9. The van der Waals surface area contributed by atoms with E-state index in [2.05, 4.69) is 0 Å². The molecule has 0 radical (unpaired) electrons. The Morgan fingerprint density at radius 3 is 2.56 bits per heavy atom. The maximum Gasteiger partial charge on any atom is 0.380 e. The normalized spacial score (nSPS) is 27.9. The van der Waals surface area contributed by atoms with E-state index in [1.807, 2.05) is 0 Å². The molecule has 4 N–H and O–H groups in total. The number of amides is 1. The summed E-state index contributed by atoms with van der Waals surface area (Å²) in [5.41, 5.74) is 5.69. The summed E-state index contributed by atoms with van der Waals surface area (Å²) in [6.07, 6.45) is 4.63. The molecular weight excluding hydrogens is 527 g/mol. The van der Waals surface area contributed by atoms with Crippen molar-refractivity contribution in [1.29, 1.82) is 0 Å². The molecule has 1 aromatic carbocycles. The lowest BCUT2D eigenvalue weighted by Gasteiger charge is -2.28. The summed E-state index contributed by atoms with van der Waals surface area (Å²) in [5.74, 6) is -1.55. The molecule has 12 heteroatoms. The van der Waals surface area contributed by atoms with Gasteiger partial charge in [0.1, 0.15) is 30.2 Å². The molecule has 11 nitrogen and oxygen atoms in total. The van der Waals surface area contributed by atoms with Gasteiger partial charge in [-0.1, -0.05) is 37.6 Å². The Hall–Kier alpha value is -2.69. The lowest BCUT2D eigenvalue weighted by molar-refractivity contribution is -0.154. The molecule has 4 rings (SSSR count). The Morgan fingerprint density at radius 1 is 1.15 bits per heavy atom. The Bertz CT molecular complexity index is 1110. The van der Waals surface area contributed by atoms with Gasteiger partial charge in [0, 0.05) is 18.0 Å². The Labute approximate surface area is 228 Å². The number of rotatable bonds is 11. The lowest BCUT2D eigenvalue weighted by atomic mass is 9.98. The Balaban J connectivity index is 1.42. The molecule has 214 valence electrons. The van der Waals surface area contributed by atoms with Gasteiger partial charge in [-0.05, 0) is 44.2 Å². The van der Waals surface area contributed by atoms with Crippen molar-refractivity contribution in [1.82, 2.24) is 4.90 Å². The van der Waals surface area contributed by atoms with E-state index in [4.69, 9.17) is 24.3 Å². The van der Waals surface area contributed by atoms with Gasteiger partial charge in [-0.3, -0.25) is 14.1 Å². The van der Waals surface area contributed by atoms with Gasteiger partial charge in [-0.25, -0.2) is 4.57 Å². The minimum atomic E-state index is -3.95. The number of carbonyl (C=O) groups is 2. The number of benzene rings is 1. The van der Waals surface area contributed by atoms with Crippen molar-refractivity contribution in [2.75, 3.05) is 12.8 Å². The van der Waals surface area contributed by atoms with E-state index < -0.39 is 49.9 Å². The minimum absolute atomic E-state index is 0.141. The first kappa shape index (κ1) is 29.3. The maximum absolute atomic E-state index is 13.9. The third-order valence-electron chi connectivity index (χ3n) is 7.03. The first-order valence-corrected chi connectivity index (χ1v) is 15.0. The summed E-state index contributed by atoms with van der Waals surface area (Å²) in [6.45, 7) is 1.23. The molecule has 0 aromatic heterocycles. The van der Waals surface area contributed by atoms with Gasteiger partial charge in [0.05, 0.1) is 18.7 Å². The number of nitrogens with zero attached hydrogens (tertiary/aromatic N) is 1. The lowest BCUT2D eigenvalue weighted by Crippen LogP contribution is -2.40. The molecule has 3 aliphatic rings. The van der Waals surface area contributed by atoms with Crippen molar-refractivity contribution in [3.8, 4) is 5.75 Å². The number of hydrogen-bond acceptors (Lipinski definition) is 10. The highest BCUT2D eigenvalue weighted by atomic mass is 31.2. The number of para-hydroxylation sites is 1. The number of ether oxygens (including phenoxy) is 2. The van der Waals surface area contributed by atoms with Crippen molar-refractivity contribution in [3.05, 3.63) is 54.4 Å². The molecule has 1 aliphatic carbocycles. The molecule has 1 aromatic rings. The topological polar surface area (TPSA) is 158 Å². The van der Waals surface area contributed by atoms with Crippen LogP contribution in [0.2, 0.25) is 0 Å². The molecule has 2 unspecified atom stereocenters. The summed E-state index contributed by atoms with van der Waals surface area (Å²) >= 11 is 0. The monoisotopic (exact) mass is 564 g/mol. The molecule has 1 amide bonds. The standard InChI is InChI=1S/C27H37N2O9P/c1-18(27(33)36-20-10-4-2-5-11-20)17-39(34,38-21-12-6-3-7-13-21)35-16-22-23(30)24(31)26(37-22)29-14-8-9-19(15-29)25(28)32/h3,6-8,12-15,18,20,22-24,26,30-31H,2,4-5,9-11,16-17H2,1H3,(H2,28,32)/t18-,22-,23+,24?,26-,39?/m1/s1. The van der Waals surface area contributed by atoms with Gasteiger partial charge < -0.3 is 34.8 Å². The summed E-state index contributed by atoms with van der Waals surface area (Å²) in [7, 11) is -3.95.